The second kappa shape index (κ2) is 9.11. The van der Waals surface area contributed by atoms with Gasteiger partial charge in [0.05, 0.1) is 31.0 Å². The molecule has 3 rings (SSSR count). The van der Waals surface area contributed by atoms with Gasteiger partial charge in [-0.25, -0.2) is 8.42 Å². The first-order chi connectivity index (χ1) is 14.0. The third kappa shape index (κ3) is 5.49. The van der Waals surface area contributed by atoms with E-state index in [4.69, 9.17) is 9.47 Å². The minimum Gasteiger partial charge on any atom is -0.497 e. The van der Waals surface area contributed by atoms with E-state index in [1.165, 1.54) is 19.2 Å². The molecule has 3 aromatic carbocycles. The number of hydrogen-bond donors (Lipinski definition) is 2. The zero-order valence-electron chi connectivity index (χ0n) is 16.0. The highest BCUT2D eigenvalue weighted by Gasteiger charge is 2.14. The van der Waals surface area contributed by atoms with Gasteiger partial charge >= 0.3 is 0 Å². The summed E-state index contributed by atoms with van der Waals surface area (Å²) < 4.78 is 37.6. The maximum atomic E-state index is 12.5. The lowest BCUT2D eigenvalue weighted by atomic mass is 10.2. The standard InChI is InChI=1S/C21H21N3O4S/c1-27-19-9-3-16(4-10-19)15-22-23-17-5-7-18(8-6-17)24-29(25,26)21-13-11-20(28-2)12-14-21/h3-15,23-24H,1-2H3/b22-15+. The molecule has 150 valence electrons. The first-order valence-electron chi connectivity index (χ1n) is 8.70. The van der Waals surface area contributed by atoms with Gasteiger partial charge in [0.1, 0.15) is 11.5 Å². The molecule has 0 aliphatic carbocycles. The van der Waals surface area contributed by atoms with Crippen LogP contribution in [0.2, 0.25) is 0 Å². The lowest BCUT2D eigenvalue weighted by Crippen LogP contribution is -2.12. The van der Waals surface area contributed by atoms with Gasteiger partial charge in [0.25, 0.3) is 10.0 Å². The van der Waals surface area contributed by atoms with Crippen molar-refractivity contribution in [1.82, 2.24) is 0 Å². The largest absolute Gasteiger partial charge is 0.497 e. The number of hydrazone groups is 1. The molecule has 0 fully saturated rings. The van der Waals surface area contributed by atoms with E-state index in [1.54, 1.807) is 49.7 Å². The van der Waals surface area contributed by atoms with Crippen molar-refractivity contribution in [3.63, 3.8) is 0 Å². The van der Waals surface area contributed by atoms with Crippen LogP contribution in [0, 0.1) is 0 Å². The third-order valence-electron chi connectivity index (χ3n) is 4.03. The fourth-order valence-electron chi connectivity index (χ4n) is 2.45. The molecule has 2 N–H and O–H groups in total. The Balaban J connectivity index is 1.60. The lowest BCUT2D eigenvalue weighted by Gasteiger charge is -2.09. The molecule has 29 heavy (non-hydrogen) atoms. The van der Waals surface area contributed by atoms with Crippen LogP contribution in [0.5, 0.6) is 11.5 Å². The minimum atomic E-state index is -3.68. The highest BCUT2D eigenvalue weighted by molar-refractivity contribution is 7.92. The molecule has 0 aliphatic rings. The van der Waals surface area contributed by atoms with Crippen LogP contribution in [0.1, 0.15) is 5.56 Å². The van der Waals surface area contributed by atoms with Gasteiger partial charge in [-0.05, 0) is 78.4 Å². The zero-order chi connectivity index (χ0) is 20.7. The van der Waals surface area contributed by atoms with E-state index in [0.29, 0.717) is 11.4 Å². The fourth-order valence-corrected chi connectivity index (χ4v) is 3.51. The van der Waals surface area contributed by atoms with Gasteiger partial charge in [0.15, 0.2) is 0 Å². The quantitative estimate of drug-likeness (QED) is 0.433. The number of rotatable bonds is 8. The predicted molar refractivity (Wildman–Crippen MR) is 114 cm³/mol. The molecule has 0 atom stereocenters. The average molecular weight is 411 g/mol. The van der Waals surface area contributed by atoms with E-state index < -0.39 is 10.0 Å². The topological polar surface area (TPSA) is 89.0 Å². The van der Waals surface area contributed by atoms with Gasteiger partial charge in [-0.15, -0.1) is 0 Å². The van der Waals surface area contributed by atoms with E-state index in [-0.39, 0.29) is 4.90 Å². The van der Waals surface area contributed by atoms with E-state index in [9.17, 15) is 8.42 Å². The maximum Gasteiger partial charge on any atom is 0.261 e. The molecule has 0 radical (unpaired) electrons. The SMILES string of the molecule is COc1ccc(/C=N/Nc2ccc(NS(=O)(=O)c3ccc(OC)cc3)cc2)cc1. The normalized spacial score (nSPS) is 11.2. The summed E-state index contributed by atoms with van der Waals surface area (Å²) in [5.41, 5.74) is 5.00. The Labute approximate surface area is 170 Å². The number of benzene rings is 3. The summed E-state index contributed by atoms with van der Waals surface area (Å²) in [5.74, 6) is 1.37. The van der Waals surface area contributed by atoms with E-state index in [2.05, 4.69) is 15.2 Å². The Morgan fingerprint density at radius 1 is 0.759 bits per heavy atom. The molecule has 0 amide bonds. The van der Waals surface area contributed by atoms with E-state index in [1.807, 2.05) is 24.3 Å². The highest BCUT2D eigenvalue weighted by atomic mass is 32.2. The highest BCUT2D eigenvalue weighted by Crippen LogP contribution is 2.20. The van der Waals surface area contributed by atoms with Crippen LogP contribution in [-0.4, -0.2) is 28.9 Å². The Bertz CT molecular complexity index is 1060. The Morgan fingerprint density at radius 2 is 1.28 bits per heavy atom. The van der Waals surface area contributed by atoms with Crippen molar-refractivity contribution < 1.29 is 17.9 Å². The van der Waals surface area contributed by atoms with Crippen molar-refractivity contribution in [3.05, 3.63) is 78.4 Å². The number of ether oxygens (including phenoxy) is 2. The van der Waals surface area contributed by atoms with Gasteiger partial charge in [0.2, 0.25) is 0 Å². The number of nitrogens with one attached hydrogen (secondary N) is 2. The summed E-state index contributed by atoms with van der Waals surface area (Å²) in [4.78, 5) is 0.157. The van der Waals surface area contributed by atoms with Crippen LogP contribution in [0.3, 0.4) is 0 Å². The van der Waals surface area contributed by atoms with Crippen LogP contribution in [0.15, 0.2) is 82.8 Å². The lowest BCUT2D eigenvalue weighted by molar-refractivity contribution is 0.414. The Kier molecular flexibility index (Phi) is 6.36. The van der Waals surface area contributed by atoms with Crippen molar-refractivity contribution in [2.75, 3.05) is 24.4 Å². The molecule has 0 unspecified atom stereocenters. The maximum absolute atomic E-state index is 12.5. The van der Waals surface area contributed by atoms with Gasteiger partial charge in [-0.1, -0.05) is 0 Å². The number of hydrogen-bond acceptors (Lipinski definition) is 6. The second-order valence-corrected chi connectivity index (χ2v) is 7.68. The molecule has 0 saturated carbocycles. The summed E-state index contributed by atoms with van der Waals surface area (Å²) in [6.45, 7) is 0. The average Bonchev–Trinajstić information content (AvgIpc) is 2.75. The summed E-state index contributed by atoms with van der Waals surface area (Å²) in [6, 6.07) is 20.5. The zero-order valence-corrected chi connectivity index (χ0v) is 16.8. The summed E-state index contributed by atoms with van der Waals surface area (Å²) in [6.07, 6.45) is 1.68. The van der Waals surface area contributed by atoms with E-state index in [0.717, 1.165) is 17.0 Å². The Hall–Kier alpha value is -3.52. The first-order valence-corrected chi connectivity index (χ1v) is 10.2. The smallest absolute Gasteiger partial charge is 0.261 e. The summed E-state index contributed by atoms with van der Waals surface area (Å²) in [7, 11) is -0.533. The van der Waals surface area contributed by atoms with Crippen molar-refractivity contribution in [1.29, 1.82) is 0 Å². The number of methoxy groups -OCH3 is 2. The molecule has 0 spiro atoms. The van der Waals surface area contributed by atoms with Crippen LogP contribution in [0.4, 0.5) is 11.4 Å². The number of sulfonamides is 1. The Morgan fingerprint density at radius 3 is 1.83 bits per heavy atom. The van der Waals surface area contributed by atoms with Crippen LogP contribution in [-0.2, 0) is 10.0 Å². The second-order valence-electron chi connectivity index (χ2n) is 6.00. The molecule has 0 aliphatic heterocycles. The van der Waals surface area contributed by atoms with Gasteiger partial charge < -0.3 is 9.47 Å². The monoisotopic (exact) mass is 411 g/mol. The van der Waals surface area contributed by atoms with Crippen LogP contribution in [0.25, 0.3) is 0 Å². The molecule has 8 heteroatoms. The van der Waals surface area contributed by atoms with Crippen molar-refractivity contribution in [2.24, 2.45) is 5.10 Å². The summed E-state index contributed by atoms with van der Waals surface area (Å²) in [5, 5.41) is 4.17. The molecule has 0 aromatic heterocycles. The van der Waals surface area contributed by atoms with Crippen LogP contribution >= 0.6 is 0 Å². The molecule has 3 aromatic rings. The van der Waals surface area contributed by atoms with Crippen LogP contribution < -0.4 is 19.6 Å². The van der Waals surface area contributed by atoms with Gasteiger partial charge in [-0.2, -0.15) is 5.10 Å². The van der Waals surface area contributed by atoms with E-state index >= 15 is 0 Å². The predicted octanol–water partition coefficient (Wildman–Crippen LogP) is 3.95. The van der Waals surface area contributed by atoms with Crippen molar-refractivity contribution >= 4 is 27.6 Å². The van der Waals surface area contributed by atoms with Gasteiger partial charge in [0, 0.05) is 5.69 Å². The van der Waals surface area contributed by atoms with Crippen molar-refractivity contribution in [2.45, 2.75) is 4.90 Å². The first kappa shape index (κ1) is 20.2. The molecule has 0 saturated heterocycles. The number of anilines is 2. The third-order valence-corrected chi connectivity index (χ3v) is 5.43. The van der Waals surface area contributed by atoms with Gasteiger partial charge in [-0.3, -0.25) is 10.1 Å². The molecule has 7 nitrogen and oxygen atoms in total. The number of nitrogens with zero attached hydrogens (tertiary/aromatic N) is 1. The fraction of sp³-hybridized carbons (Fsp3) is 0.0952. The minimum absolute atomic E-state index is 0.157. The van der Waals surface area contributed by atoms with Crippen molar-refractivity contribution in [3.8, 4) is 11.5 Å². The molecule has 0 bridgehead atoms. The molecule has 0 heterocycles. The summed E-state index contributed by atoms with van der Waals surface area (Å²) >= 11 is 0. The molecular formula is C21H21N3O4S. The molecular weight excluding hydrogens is 390 g/mol.